The molecular weight excluding hydrogens is 298 g/mol. The Bertz CT molecular complexity index is 690. The van der Waals surface area contributed by atoms with Gasteiger partial charge in [-0.1, -0.05) is 31.9 Å². The molecule has 0 radical (unpaired) electrons. The monoisotopic (exact) mass is 321 g/mol. The number of nitrogens with zero attached hydrogens (tertiary/aromatic N) is 2. The van der Waals surface area contributed by atoms with Gasteiger partial charge in [-0.25, -0.2) is 8.42 Å². The lowest BCUT2D eigenvalue weighted by atomic mass is 10.1. The van der Waals surface area contributed by atoms with Gasteiger partial charge in [-0.3, -0.25) is 9.40 Å². The van der Waals surface area contributed by atoms with Crippen LogP contribution in [0.1, 0.15) is 38.7 Å². The number of rotatable bonds is 8. The van der Waals surface area contributed by atoms with Crippen molar-refractivity contribution in [2.75, 3.05) is 4.72 Å². The van der Waals surface area contributed by atoms with Gasteiger partial charge in [0.05, 0.1) is 6.20 Å². The summed E-state index contributed by atoms with van der Waals surface area (Å²) in [6.07, 6.45) is 7.51. The van der Waals surface area contributed by atoms with Crippen LogP contribution < -0.4 is 4.72 Å². The van der Waals surface area contributed by atoms with Gasteiger partial charge in [0.15, 0.2) is 0 Å². The van der Waals surface area contributed by atoms with Crippen LogP contribution in [0.5, 0.6) is 0 Å². The second-order valence-corrected chi connectivity index (χ2v) is 6.97. The highest BCUT2D eigenvalue weighted by molar-refractivity contribution is 7.92. The van der Waals surface area contributed by atoms with Gasteiger partial charge in [0.1, 0.15) is 4.90 Å². The zero-order valence-corrected chi connectivity index (χ0v) is 13.9. The third-order valence-electron chi connectivity index (χ3n) is 3.52. The molecule has 0 fully saturated rings. The van der Waals surface area contributed by atoms with Crippen LogP contribution in [0.25, 0.3) is 0 Å². The minimum absolute atomic E-state index is 0.182. The minimum atomic E-state index is -3.57. The Morgan fingerprint density at radius 1 is 1.14 bits per heavy atom. The molecule has 0 aliphatic carbocycles. The van der Waals surface area contributed by atoms with Crippen molar-refractivity contribution < 1.29 is 8.42 Å². The van der Waals surface area contributed by atoms with E-state index in [1.165, 1.54) is 30.8 Å². The molecule has 0 spiro atoms. The van der Waals surface area contributed by atoms with Crippen LogP contribution in [0, 0.1) is 0 Å². The van der Waals surface area contributed by atoms with Gasteiger partial charge in [0, 0.05) is 18.4 Å². The van der Waals surface area contributed by atoms with E-state index in [0.717, 1.165) is 12.8 Å². The first-order valence-corrected chi connectivity index (χ1v) is 9.17. The number of unbranched alkanes of at least 4 members (excludes halogenated alkanes) is 2. The number of anilines is 1. The molecule has 5 nitrogen and oxygen atoms in total. The third kappa shape index (κ3) is 4.34. The normalized spacial score (nSPS) is 11.5. The average molecular weight is 321 g/mol. The fraction of sp³-hybridized carbons (Fsp3) is 0.438. The predicted octanol–water partition coefficient (Wildman–Crippen LogP) is 3.44. The summed E-state index contributed by atoms with van der Waals surface area (Å²) in [5.41, 5.74) is 1.80. The molecule has 1 N–H and O–H groups in total. The number of aromatic nitrogens is 2. The van der Waals surface area contributed by atoms with Crippen molar-refractivity contribution in [3.8, 4) is 0 Å². The molecule has 22 heavy (non-hydrogen) atoms. The van der Waals surface area contributed by atoms with E-state index in [1.807, 2.05) is 31.2 Å². The molecule has 6 heteroatoms. The maximum atomic E-state index is 12.3. The summed E-state index contributed by atoms with van der Waals surface area (Å²) in [4.78, 5) is 0.182. The van der Waals surface area contributed by atoms with Crippen molar-refractivity contribution in [2.24, 2.45) is 0 Å². The molecule has 2 rings (SSSR count). The Hall–Kier alpha value is -1.82. The molecule has 0 saturated carbocycles. The standard InChI is InChI=1S/C16H23N3O2S/c1-3-5-6-7-14-8-10-15(11-9-14)18-22(20,21)16-12-17-19(4-2)13-16/h8-13,18H,3-7H2,1-2H3. The van der Waals surface area contributed by atoms with E-state index in [9.17, 15) is 8.42 Å². The molecule has 120 valence electrons. The van der Waals surface area contributed by atoms with Crippen molar-refractivity contribution in [3.05, 3.63) is 42.2 Å². The van der Waals surface area contributed by atoms with Gasteiger partial charge < -0.3 is 0 Å². The highest BCUT2D eigenvalue weighted by atomic mass is 32.2. The molecule has 0 saturated heterocycles. The largest absolute Gasteiger partial charge is 0.280 e. The molecule has 1 heterocycles. The Kier molecular flexibility index (Phi) is 5.60. The highest BCUT2D eigenvalue weighted by Gasteiger charge is 2.16. The van der Waals surface area contributed by atoms with Crippen LogP contribution in [-0.4, -0.2) is 18.2 Å². The molecule has 0 aliphatic heterocycles. The SMILES string of the molecule is CCCCCc1ccc(NS(=O)(=O)c2cnn(CC)c2)cc1. The number of nitrogens with one attached hydrogen (secondary N) is 1. The van der Waals surface area contributed by atoms with Gasteiger partial charge in [-0.2, -0.15) is 5.10 Å². The maximum absolute atomic E-state index is 12.3. The minimum Gasteiger partial charge on any atom is -0.280 e. The van der Waals surface area contributed by atoms with E-state index < -0.39 is 10.0 Å². The van der Waals surface area contributed by atoms with Crippen LogP contribution in [-0.2, 0) is 23.0 Å². The van der Waals surface area contributed by atoms with Crippen LogP contribution in [0.15, 0.2) is 41.6 Å². The van der Waals surface area contributed by atoms with Gasteiger partial charge in [-0.15, -0.1) is 0 Å². The topological polar surface area (TPSA) is 64.0 Å². The maximum Gasteiger partial charge on any atom is 0.265 e. The highest BCUT2D eigenvalue weighted by Crippen LogP contribution is 2.17. The van der Waals surface area contributed by atoms with Crippen LogP contribution in [0.4, 0.5) is 5.69 Å². The van der Waals surface area contributed by atoms with Crippen molar-refractivity contribution in [1.29, 1.82) is 0 Å². The molecule has 0 bridgehead atoms. The van der Waals surface area contributed by atoms with Gasteiger partial charge in [-0.05, 0) is 37.5 Å². The number of aryl methyl sites for hydroxylation is 2. The summed E-state index contributed by atoms with van der Waals surface area (Å²) < 4.78 is 28.7. The molecule has 1 aromatic carbocycles. The van der Waals surface area contributed by atoms with Crippen LogP contribution in [0.2, 0.25) is 0 Å². The van der Waals surface area contributed by atoms with E-state index >= 15 is 0 Å². The summed E-state index contributed by atoms with van der Waals surface area (Å²) in [6.45, 7) is 4.73. The number of benzene rings is 1. The summed E-state index contributed by atoms with van der Waals surface area (Å²) in [5, 5.41) is 4.00. The Balaban J connectivity index is 2.03. The van der Waals surface area contributed by atoms with Crippen LogP contribution in [0.3, 0.4) is 0 Å². The predicted molar refractivity (Wildman–Crippen MR) is 88.4 cm³/mol. The Labute approximate surface area is 132 Å². The smallest absolute Gasteiger partial charge is 0.265 e. The summed E-state index contributed by atoms with van der Waals surface area (Å²) in [7, 11) is -3.57. The van der Waals surface area contributed by atoms with E-state index in [2.05, 4.69) is 16.7 Å². The zero-order chi connectivity index (χ0) is 16.0. The number of hydrogen-bond donors (Lipinski definition) is 1. The van der Waals surface area contributed by atoms with Gasteiger partial charge in [0.2, 0.25) is 0 Å². The summed E-state index contributed by atoms with van der Waals surface area (Å²) >= 11 is 0. The molecule has 0 amide bonds. The molecule has 1 aromatic heterocycles. The first-order chi connectivity index (χ1) is 10.5. The van der Waals surface area contributed by atoms with Crippen LogP contribution >= 0.6 is 0 Å². The fourth-order valence-corrected chi connectivity index (χ4v) is 3.20. The first kappa shape index (κ1) is 16.5. The van der Waals surface area contributed by atoms with Crippen molar-refractivity contribution >= 4 is 15.7 Å². The first-order valence-electron chi connectivity index (χ1n) is 7.69. The van der Waals surface area contributed by atoms with E-state index in [-0.39, 0.29) is 4.90 Å². The van der Waals surface area contributed by atoms with E-state index in [1.54, 1.807) is 4.68 Å². The fourth-order valence-electron chi connectivity index (χ4n) is 2.19. The van der Waals surface area contributed by atoms with Gasteiger partial charge in [0.25, 0.3) is 10.0 Å². The van der Waals surface area contributed by atoms with E-state index in [4.69, 9.17) is 0 Å². The molecular formula is C16H23N3O2S. The molecule has 0 atom stereocenters. The Morgan fingerprint density at radius 2 is 1.86 bits per heavy atom. The van der Waals surface area contributed by atoms with E-state index in [0.29, 0.717) is 12.2 Å². The molecule has 0 unspecified atom stereocenters. The Morgan fingerprint density at radius 3 is 2.45 bits per heavy atom. The second kappa shape index (κ2) is 7.45. The second-order valence-electron chi connectivity index (χ2n) is 5.29. The zero-order valence-electron chi connectivity index (χ0n) is 13.1. The third-order valence-corrected chi connectivity index (χ3v) is 4.85. The number of hydrogen-bond acceptors (Lipinski definition) is 3. The molecule has 0 aliphatic rings. The lowest BCUT2D eigenvalue weighted by Crippen LogP contribution is -2.12. The lowest BCUT2D eigenvalue weighted by molar-refractivity contribution is 0.600. The molecule has 2 aromatic rings. The average Bonchev–Trinajstić information content (AvgIpc) is 2.99. The summed E-state index contributed by atoms with van der Waals surface area (Å²) in [5.74, 6) is 0. The van der Waals surface area contributed by atoms with Crippen molar-refractivity contribution in [3.63, 3.8) is 0 Å². The van der Waals surface area contributed by atoms with Gasteiger partial charge >= 0.3 is 0 Å². The van der Waals surface area contributed by atoms with Crippen molar-refractivity contribution in [1.82, 2.24) is 9.78 Å². The summed E-state index contributed by atoms with van der Waals surface area (Å²) in [6, 6.07) is 7.57. The number of sulfonamides is 1. The lowest BCUT2D eigenvalue weighted by Gasteiger charge is -2.07. The van der Waals surface area contributed by atoms with Crippen molar-refractivity contribution in [2.45, 2.75) is 51.0 Å². The quantitative estimate of drug-likeness (QED) is 0.758.